The number of anilines is 1. The highest BCUT2D eigenvalue weighted by Gasteiger charge is 2.19. The fourth-order valence-electron chi connectivity index (χ4n) is 2.96. The Balaban J connectivity index is 1.78. The van der Waals surface area contributed by atoms with E-state index < -0.39 is 5.91 Å². The van der Waals surface area contributed by atoms with Crippen molar-refractivity contribution in [3.8, 4) is 23.0 Å². The van der Waals surface area contributed by atoms with E-state index in [-0.39, 0.29) is 5.11 Å². The minimum atomic E-state index is -0.428. The van der Waals surface area contributed by atoms with Gasteiger partial charge in [-0.3, -0.25) is 10.1 Å². The summed E-state index contributed by atoms with van der Waals surface area (Å²) in [7, 11) is 1.55. The van der Waals surface area contributed by atoms with E-state index >= 15 is 0 Å². The molecule has 0 spiro atoms. The van der Waals surface area contributed by atoms with Gasteiger partial charge in [0.2, 0.25) is 5.75 Å². The Morgan fingerprint density at radius 1 is 1.03 bits per heavy atom. The van der Waals surface area contributed by atoms with Crippen LogP contribution in [0.1, 0.15) is 31.1 Å². The summed E-state index contributed by atoms with van der Waals surface area (Å²) in [4.78, 5) is 17.3. The lowest BCUT2D eigenvalue weighted by molar-refractivity contribution is 0.0976. The SMILES string of the molecule is CCOc1cc(C(=O)NC(=S)Nc2nc3cc(Cl)c(OC)cc3s2)cc(OCC)c1OCC. The minimum Gasteiger partial charge on any atom is -0.495 e. The number of thiazole rings is 1. The van der Waals surface area contributed by atoms with E-state index in [0.717, 1.165) is 4.70 Å². The molecular weight excluding hydrogens is 486 g/mol. The van der Waals surface area contributed by atoms with Gasteiger partial charge in [-0.15, -0.1) is 0 Å². The molecule has 0 unspecified atom stereocenters. The van der Waals surface area contributed by atoms with E-state index in [1.165, 1.54) is 11.3 Å². The lowest BCUT2D eigenvalue weighted by Gasteiger charge is -2.17. The summed E-state index contributed by atoms with van der Waals surface area (Å²) < 4.78 is 23.1. The van der Waals surface area contributed by atoms with Gasteiger partial charge in [-0.2, -0.15) is 0 Å². The highest BCUT2D eigenvalue weighted by Crippen LogP contribution is 2.39. The second-order valence-corrected chi connectivity index (χ2v) is 8.33. The third-order valence-electron chi connectivity index (χ3n) is 4.28. The first-order valence-corrected chi connectivity index (χ1v) is 11.8. The van der Waals surface area contributed by atoms with Gasteiger partial charge in [0.15, 0.2) is 21.7 Å². The maximum absolute atomic E-state index is 12.9. The summed E-state index contributed by atoms with van der Waals surface area (Å²) in [5, 5.41) is 6.67. The smallest absolute Gasteiger partial charge is 0.257 e. The number of benzene rings is 2. The van der Waals surface area contributed by atoms with Crippen molar-refractivity contribution in [3.63, 3.8) is 0 Å². The van der Waals surface area contributed by atoms with Gasteiger partial charge in [0, 0.05) is 11.6 Å². The van der Waals surface area contributed by atoms with Crippen molar-refractivity contribution in [2.45, 2.75) is 20.8 Å². The number of rotatable bonds is 9. The molecule has 1 aromatic heterocycles. The first-order valence-electron chi connectivity index (χ1n) is 10.2. The average Bonchev–Trinajstić information content (AvgIpc) is 3.15. The van der Waals surface area contributed by atoms with Crippen molar-refractivity contribution in [2.75, 3.05) is 32.2 Å². The van der Waals surface area contributed by atoms with Crippen molar-refractivity contribution < 1.29 is 23.7 Å². The molecule has 0 fully saturated rings. The molecule has 0 radical (unpaired) electrons. The van der Waals surface area contributed by atoms with E-state index in [0.29, 0.717) is 64.1 Å². The average molecular weight is 510 g/mol. The molecule has 0 saturated carbocycles. The van der Waals surface area contributed by atoms with Crippen molar-refractivity contribution in [1.29, 1.82) is 0 Å². The molecule has 1 amide bonds. The fraction of sp³-hybridized carbons (Fsp3) is 0.318. The largest absolute Gasteiger partial charge is 0.495 e. The normalized spacial score (nSPS) is 10.6. The highest BCUT2D eigenvalue weighted by molar-refractivity contribution is 7.80. The van der Waals surface area contributed by atoms with E-state index in [2.05, 4.69) is 15.6 Å². The number of nitrogens with zero attached hydrogens (tertiary/aromatic N) is 1. The molecule has 0 aliphatic carbocycles. The van der Waals surface area contributed by atoms with Crippen LogP contribution in [0, 0.1) is 0 Å². The molecule has 3 aromatic rings. The molecule has 33 heavy (non-hydrogen) atoms. The molecule has 176 valence electrons. The molecule has 3 rings (SSSR count). The quantitative estimate of drug-likeness (QED) is 0.376. The van der Waals surface area contributed by atoms with Crippen LogP contribution >= 0.6 is 35.2 Å². The van der Waals surface area contributed by atoms with Crippen LogP contribution in [0.2, 0.25) is 5.02 Å². The van der Waals surface area contributed by atoms with Crippen LogP contribution in [0.5, 0.6) is 23.0 Å². The van der Waals surface area contributed by atoms with Gasteiger partial charge in [-0.1, -0.05) is 22.9 Å². The predicted molar refractivity (Wildman–Crippen MR) is 135 cm³/mol. The molecule has 8 nitrogen and oxygen atoms in total. The van der Waals surface area contributed by atoms with Crippen molar-refractivity contribution in [1.82, 2.24) is 10.3 Å². The number of hydrogen-bond acceptors (Lipinski definition) is 8. The third kappa shape index (κ3) is 5.95. The Labute approximate surface area is 206 Å². The lowest BCUT2D eigenvalue weighted by Crippen LogP contribution is -2.34. The van der Waals surface area contributed by atoms with Crippen molar-refractivity contribution in [2.24, 2.45) is 0 Å². The van der Waals surface area contributed by atoms with E-state index in [1.807, 2.05) is 20.8 Å². The number of carbonyl (C=O) groups is 1. The Bertz CT molecular complexity index is 1140. The number of carbonyl (C=O) groups excluding carboxylic acids is 1. The van der Waals surface area contributed by atoms with Gasteiger partial charge >= 0.3 is 0 Å². The van der Waals surface area contributed by atoms with Gasteiger partial charge in [-0.25, -0.2) is 4.98 Å². The van der Waals surface area contributed by atoms with Gasteiger partial charge in [0.1, 0.15) is 5.75 Å². The number of ether oxygens (including phenoxy) is 4. The van der Waals surface area contributed by atoms with E-state index in [9.17, 15) is 4.79 Å². The van der Waals surface area contributed by atoms with Crippen LogP contribution in [-0.4, -0.2) is 42.9 Å². The number of hydrogen-bond donors (Lipinski definition) is 2. The zero-order chi connectivity index (χ0) is 24.0. The van der Waals surface area contributed by atoms with Crippen LogP contribution in [0.3, 0.4) is 0 Å². The molecule has 0 aliphatic heterocycles. The molecule has 1 heterocycles. The third-order valence-corrected chi connectivity index (χ3v) is 5.71. The van der Waals surface area contributed by atoms with Crippen LogP contribution < -0.4 is 29.6 Å². The number of amides is 1. The number of thiocarbonyl (C=S) groups is 1. The molecule has 2 N–H and O–H groups in total. The van der Waals surface area contributed by atoms with Crippen LogP contribution in [0.15, 0.2) is 24.3 Å². The first kappa shape index (κ1) is 24.8. The standard InChI is InChI=1S/C22H24ClN3O5S2/c1-5-29-16-8-12(9-17(30-6-2)19(16)31-7-3)20(27)25-21(32)26-22-24-14-10-13(23)15(28-4)11-18(14)33-22/h8-11H,5-7H2,1-4H3,(H2,24,25,26,27,32). The van der Waals surface area contributed by atoms with Crippen molar-refractivity contribution in [3.05, 3.63) is 34.9 Å². The van der Waals surface area contributed by atoms with Gasteiger partial charge in [0.05, 0.1) is 42.2 Å². The molecule has 0 saturated heterocycles. The number of aromatic nitrogens is 1. The Morgan fingerprint density at radius 3 is 2.24 bits per heavy atom. The maximum atomic E-state index is 12.9. The van der Waals surface area contributed by atoms with E-state index in [1.54, 1.807) is 31.4 Å². The fourth-order valence-corrected chi connectivity index (χ4v) is 4.33. The van der Waals surface area contributed by atoms with Crippen LogP contribution in [-0.2, 0) is 0 Å². The van der Waals surface area contributed by atoms with Gasteiger partial charge in [0.25, 0.3) is 5.91 Å². The molecule has 11 heteroatoms. The highest BCUT2D eigenvalue weighted by atomic mass is 35.5. The zero-order valence-electron chi connectivity index (χ0n) is 18.6. The topological polar surface area (TPSA) is 90.9 Å². The number of halogens is 1. The predicted octanol–water partition coefficient (Wildman–Crippen LogP) is 5.28. The lowest BCUT2D eigenvalue weighted by atomic mass is 10.1. The van der Waals surface area contributed by atoms with Gasteiger partial charge in [-0.05, 0) is 51.2 Å². The molecular formula is C22H24ClN3O5S2. The zero-order valence-corrected chi connectivity index (χ0v) is 21.0. The number of methoxy groups -OCH3 is 1. The summed E-state index contributed by atoms with van der Waals surface area (Å²) in [5.41, 5.74) is 1.01. The van der Waals surface area contributed by atoms with Crippen LogP contribution in [0.25, 0.3) is 10.2 Å². The Kier molecular flexibility index (Phi) is 8.54. The molecule has 2 aromatic carbocycles. The summed E-state index contributed by atoms with van der Waals surface area (Å²) >= 11 is 12.8. The Morgan fingerprint density at radius 2 is 1.67 bits per heavy atom. The Hall–Kier alpha value is -2.82. The van der Waals surface area contributed by atoms with Crippen LogP contribution in [0.4, 0.5) is 5.13 Å². The summed E-state index contributed by atoms with van der Waals surface area (Å²) in [6.45, 7) is 6.80. The second kappa shape index (κ2) is 11.4. The van der Waals surface area contributed by atoms with E-state index in [4.69, 9.17) is 42.8 Å². The molecule has 0 bridgehead atoms. The summed E-state index contributed by atoms with van der Waals surface area (Å²) in [6.07, 6.45) is 0. The number of fused-ring (bicyclic) bond motifs is 1. The monoisotopic (exact) mass is 509 g/mol. The number of nitrogens with one attached hydrogen (secondary N) is 2. The summed E-state index contributed by atoms with van der Waals surface area (Å²) in [6, 6.07) is 6.71. The minimum absolute atomic E-state index is 0.0990. The second-order valence-electron chi connectivity index (χ2n) is 6.48. The van der Waals surface area contributed by atoms with Crippen molar-refractivity contribution >= 4 is 61.5 Å². The summed E-state index contributed by atoms with van der Waals surface area (Å²) in [5.74, 6) is 1.43. The molecule has 0 aliphatic rings. The first-order chi connectivity index (χ1) is 15.9. The molecule has 0 atom stereocenters. The maximum Gasteiger partial charge on any atom is 0.257 e. The van der Waals surface area contributed by atoms with Gasteiger partial charge < -0.3 is 24.3 Å².